The van der Waals surface area contributed by atoms with Crippen LogP contribution in [0, 0.1) is 6.92 Å². The lowest BCUT2D eigenvalue weighted by atomic mass is 9.96. The third-order valence-electron chi connectivity index (χ3n) is 6.87. The molecule has 0 amide bonds. The summed E-state index contributed by atoms with van der Waals surface area (Å²) in [5.74, 6) is 2.59. The van der Waals surface area contributed by atoms with Gasteiger partial charge in [-0.25, -0.2) is 9.97 Å². The molecule has 1 fully saturated rings. The molecule has 1 saturated heterocycles. The second-order valence-electron chi connectivity index (χ2n) is 9.50. The number of fused-ring (bicyclic) bond motifs is 1. The number of hydrogen-bond donors (Lipinski definition) is 2. The van der Waals surface area contributed by atoms with Crippen LogP contribution in [0.1, 0.15) is 42.8 Å². The van der Waals surface area contributed by atoms with Crippen molar-refractivity contribution in [2.75, 3.05) is 43.4 Å². The average molecular weight is 521 g/mol. The van der Waals surface area contributed by atoms with Gasteiger partial charge < -0.3 is 24.5 Å². The predicted octanol–water partition coefficient (Wildman–Crippen LogP) is 5.56. The summed E-state index contributed by atoms with van der Waals surface area (Å²) in [5.41, 5.74) is 4.57. The van der Waals surface area contributed by atoms with Crippen LogP contribution in [-0.2, 0) is 6.54 Å². The van der Waals surface area contributed by atoms with Crippen LogP contribution in [0.25, 0.3) is 11.0 Å². The molecule has 0 aliphatic carbocycles. The van der Waals surface area contributed by atoms with E-state index in [1.54, 1.807) is 6.26 Å². The first-order valence-corrected chi connectivity index (χ1v) is 13.1. The van der Waals surface area contributed by atoms with Crippen molar-refractivity contribution in [3.05, 3.63) is 58.9 Å². The molecule has 1 aromatic carbocycles. The summed E-state index contributed by atoms with van der Waals surface area (Å²) in [7, 11) is 2.14. The Morgan fingerprint density at radius 3 is 2.78 bits per heavy atom. The zero-order valence-corrected chi connectivity index (χ0v) is 22.3. The minimum absolute atomic E-state index is 0.354. The Morgan fingerprint density at radius 2 is 2.03 bits per heavy atom. The van der Waals surface area contributed by atoms with E-state index in [2.05, 4.69) is 39.1 Å². The molecule has 0 spiro atoms. The zero-order valence-electron chi connectivity index (χ0n) is 21.5. The Bertz CT molecular complexity index is 1360. The second kappa shape index (κ2) is 11.3. The number of hydrogen-bond acceptors (Lipinski definition) is 8. The quantitative estimate of drug-likeness (QED) is 0.279. The lowest BCUT2D eigenvalue weighted by Crippen LogP contribution is -2.45. The molecule has 3 aromatic heterocycles. The number of H-pyrrole nitrogens is 1. The summed E-state index contributed by atoms with van der Waals surface area (Å²) in [6.45, 7) is 8.41. The van der Waals surface area contributed by atoms with Crippen LogP contribution in [0.2, 0.25) is 5.02 Å². The van der Waals surface area contributed by atoms with Gasteiger partial charge in [-0.2, -0.15) is 4.98 Å². The van der Waals surface area contributed by atoms with Gasteiger partial charge in [-0.05, 0) is 62.6 Å². The van der Waals surface area contributed by atoms with E-state index in [0.717, 1.165) is 73.2 Å². The maximum Gasteiger partial charge on any atom is 0.227 e. The van der Waals surface area contributed by atoms with Gasteiger partial charge in [-0.1, -0.05) is 18.5 Å². The number of aromatic amines is 1. The molecular weight excluding hydrogens is 488 g/mol. The van der Waals surface area contributed by atoms with Crippen molar-refractivity contribution in [1.29, 1.82) is 0 Å². The monoisotopic (exact) mass is 520 g/mol. The molecule has 9 nitrogen and oxygen atoms in total. The van der Waals surface area contributed by atoms with E-state index >= 15 is 0 Å². The van der Waals surface area contributed by atoms with Crippen molar-refractivity contribution < 1.29 is 4.42 Å². The Labute approximate surface area is 222 Å². The smallest absolute Gasteiger partial charge is 0.227 e. The molecule has 0 bridgehead atoms. The van der Waals surface area contributed by atoms with Crippen molar-refractivity contribution >= 4 is 46.3 Å². The summed E-state index contributed by atoms with van der Waals surface area (Å²) in [6, 6.07) is 7.66. The molecule has 194 valence electrons. The SMILES string of the molecule is CCC(CC=Nc1c(C)nc(N2CCN(C)CC2)nc1NCc1nc2ccc(Cl)cc2[nH]1)c1ccoc1. The zero-order chi connectivity index (χ0) is 25.8. The van der Waals surface area contributed by atoms with E-state index in [4.69, 9.17) is 31.0 Å². The Kier molecular flexibility index (Phi) is 7.71. The van der Waals surface area contributed by atoms with E-state index < -0.39 is 0 Å². The number of aryl methyl sites for hydroxylation is 1. The lowest BCUT2D eigenvalue weighted by molar-refractivity contribution is 0.311. The Morgan fingerprint density at radius 1 is 1.19 bits per heavy atom. The van der Waals surface area contributed by atoms with Crippen LogP contribution < -0.4 is 10.2 Å². The minimum Gasteiger partial charge on any atom is -0.472 e. The molecule has 1 aliphatic rings. The highest BCUT2D eigenvalue weighted by molar-refractivity contribution is 6.31. The van der Waals surface area contributed by atoms with E-state index in [0.29, 0.717) is 23.3 Å². The fraction of sp³-hybridized carbons (Fsp3) is 0.407. The van der Waals surface area contributed by atoms with Gasteiger partial charge in [0.25, 0.3) is 0 Å². The van der Waals surface area contributed by atoms with Gasteiger partial charge in [0.15, 0.2) is 5.82 Å². The van der Waals surface area contributed by atoms with Crippen molar-refractivity contribution in [3.63, 3.8) is 0 Å². The average Bonchev–Trinajstić information content (AvgIpc) is 3.56. The highest BCUT2D eigenvalue weighted by atomic mass is 35.5. The molecule has 37 heavy (non-hydrogen) atoms. The molecule has 10 heteroatoms. The minimum atomic E-state index is 0.354. The van der Waals surface area contributed by atoms with Crippen LogP contribution in [-0.4, -0.2) is 64.3 Å². The number of rotatable bonds is 9. The summed E-state index contributed by atoms with van der Waals surface area (Å²) < 4.78 is 5.28. The molecule has 2 N–H and O–H groups in total. The number of furan rings is 1. The van der Waals surface area contributed by atoms with Crippen LogP contribution in [0.15, 0.2) is 46.2 Å². The van der Waals surface area contributed by atoms with Gasteiger partial charge in [-0.15, -0.1) is 0 Å². The Hall–Kier alpha value is -3.43. The summed E-state index contributed by atoms with van der Waals surface area (Å²) in [4.78, 5) is 27.2. The molecule has 0 saturated carbocycles. The summed E-state index contributed by atoms with van der Waals surface area (Å²) in [6.07, 6.45) is 7.31. The molecule has 4 aromatic rings. The van der Waals surface area contributed by atoms with E-state index in [1.807, 2.05) is 43.7 Å². The number of likely N-dealkylation sites (N-methyl/N-ethyl adjacent to an activating group) is 1. The molecule has 1 unspecified atom stereocenters. The maximum atomic E-state index is 6.14. The first-order chi connectivity index (χ1) is 18.0. The number of piperazine rings is 1. The highest BCUT2D eigenvalue weighted by Crippen LogP contribution is 2.30. The van der Waals surface area contributed by atoms with Crippen molar-refractivity contribution in [2.45, 2.75) is 39.2 Å². The van der Waals surface area contributed by atoms with Gasteiger partial charge in [0.1, 0.15) is 11.5 Å². The third kappa shape index (κ3) is 5.94. The number of aromatic nitrogens is 4. The van der Waals surface area contributed by atoms with Crippen LogP contribution in [0.3, 0.4) is 0 Å². The van der Waals surface area contributed by atoms with Crippen LogP contribution in [0.4, 0.5) is 17.5 Å². The molecule has 0 radical (unpaired) electrons. The number of nitrogens with zero attached hydrogens (tertiary/aromatic N) is 6. The molecular formula is C27H33ClN8O. The number of anilines is 2. The number of halogens is 1. The molecule has 5 rings (SSSR count). The Balaban J connectivity index is 1.40. The third-order valence-corrected chi connectivity index (χ3v) is 7.10. The lowest BCUT2D eigenvalue weighted by Gasteiger charge is -2.32. The first kappa shape index (κ1) is 25.2. The maximum absolute atomic E-state index is 6.14. The van der Waals surface area contributed by atoms with Gasteiger partial charge in [0, 0.05) is 37.4 Å². The fourth-order valence-electron chi connectivity index (χ4n) is 4.58. The number of benzene rings is 1. The summed E-state index contributed by atoms with van der Waals surface area (Å²) in [5, 5.41) is 4.15. The van der Waals surface area contributed by atoms with E-state index in [1.165, 1.54) is 5.56 Å². The molecule has 4 heterocycles. The van der Waals surface area contributed by atoms with E-state index in [9.17, 15) is 0 Å². The second-order valence-corrected chi connectivity index (χ2v) is 9.94. The van der Waals surface area contributed by atoms with Crippen molar-refractivity contribution in [3.8, 4) is 0 Å². The van der Waals surface area contributed by atoms with Crippen molar-refractivity contribution in [1.82, 2.24) is 24.8 Å². The topological polar surface area (TPSA) is 98.5 Å². The standard InChI is InChI=1S/C27H33ClN8O/c1-4-19(20-8-14-37-17-20)7-9-29-25-18(2)31-27(36-12-10-35(3)11-13-36)34-26(25)30-16-24-32-22-6-5-21(28)15-23(22)33-24/h5-6,8-9,14-15,17,19H,4,7,10-13,16H2,1-3H3,(H,32,33)(H,30,31,34). The number of imidazole rings is 1. The fourth-order valence-corrected chi connectivity index (χ4v) is 4.75. The number of aliphatic imine (C=N–C) groups is 1. The normalized spacial score (nSPS) is 15.6. The van der Waals surface area contributed by atoms with Crippen LogP contribution >= 0.6 is 11.6 Å². The van der Waals surface area contributed by atoms with Gasteiger partial charge in [0.05, 0.1) is 35.8 Å². The van der Waals surface area contributed by atoms with Gasteiger partial charge in [-0.3, -0.25) is 4.99 Å². The number of nitrogens with one attached hydrogen (secondary N) is 2. The predicted molar refractivity (Wildman–Crippen MR) is 149 cm³/mol. The first-order valence-electron chi connectivity index (χ1n) is 12.7. The van der Waals surface area contributed by atoms with Gasteiger partial charge in [0.2, 0.25) is 5.95 Å². The molecule has 1 atom stereocenters. The van der Waals surface area contributed by atoms with E-state index in [-0.39, 0.29) is 0 Å². The van der Waals surface area contributed by atoms with Crippen LogP contribution in [0.5, 0.6) is 0 Å². The largest absolute Gasteiger partial charge is 0.472 e. The van der Waals surface area contributed by atoms with Gasteiger partial charge >= 0.3 is 0 Å². The highest BCUT2D eigenvalue weighted by Gasteiger charge is 2.20. The molecule has 1 aliphatic heterocycles. The van der Waals surface area contributed by atoms with Crippen molar-refractivity contribution in [2.24, 2.45) is 4.99 Å². The summed E-state index contributed by atoms with van der Waals surface area (Å²) >= 11 is 6.14.